The van der Waals surface area contributed by atoms with Crippen molar-refractivity contribution < 1.29 is 17.9 Å². The van der Waals surface area contributed by atoms with E-state index in [1.54, 1.807) is 12.1 Å². The second-order valence-electron chi connectivity index (χ2n) is 4.29. The molecule has 2 aromatic rings. The van der Waals surface area contributed by atoms with Crippen LogP contribution in [0.1, 0.15) is 11.1 Å². The first-order valence-corrected chi connectivity index (χ1v) is 6.11. The van der Waals surface area contributed by atoms with Gasteiger partial charge in [0.25, 0.3) is 0 Å². The summed E-state index contributed by atoms with van der Waals surface area (Å²) in [4.78, 5) is 0. The van der Waals surface area contributed by atoms with E-state index in [0.29, 0.717) is 12.1 Å². The first-order chi connectivity index (χ1) is 9.48. The molecule has 0 saturated carbocycles. The molecule has 0 amide bonds. The van der Waals surface area contributed by atoms with Crippen LogP contribution in [0.4, 0.5) is 18.9 Å². The standard InChI is InChI=1S/C15H14F3NO/c16-15(17,18)12-6-2-4-8-14(12)20-10-9-11-5-1-3-7-13(11)19/h1-8H,9-10,19H2. The van der Waals surface area contributed by atoms with Gasteiger partial charge in [-0.15, -0.1) is 0 Å². The van der Waals surface area contributed by atoms with E-state index in [0.717, 1.165) is 11.6 Å². The van der Waals surface area contributed by atoms with Crippen molar-refractivity contribution in [3.63, 3.8) is 0 Å². The molecule has 0 radical (unpaired) electrons. The SMILES string of the molecule is Nc1ccccc1CCOc1ccccc1C(F)(F)F. The fourth-order valence-electron chi connectivity index (χ4n) is 1.86. The summed E-state index contributed by atoms with van der Waals surface area (Å²) < 4.78 is 43.5. The highest BCUT2D eigenvalue weighted by molar-refractivity contribution is 5.46. The normalized spacial score (nSPS) is 11.3. The van der Waals surface area contributed by atoms with Crippen LogP contribution >= 0.6 is 0 Å². The third kappa shape index (κ3) is 3.44. The van der Waals surface area contributed by atoms with Crippen LogP contribution in [0.5, 0.6) is 5.75 Å². The molecule has 0 aromatic heterocycles. The van der Waals surface area contributed by atoms with Gasteiger partial charge in [-0.3, -0.25) is 0 Å². The molecule has 0 bridgehead atoms. The quantitative estimate of drug-likeness (QED) is 0.862. The third-order valence-electron chi connectivity index (χ3n) is 2.88. The molecule has 2 rings (SSSR count). The summed E-state index contributed by atoms with van der Waals surface area (Å²) in [6.07, 6.45) is -3.96. The van der Waals surface area contributed by atoms with Gasteiger partial charge in [-0.25, -0.2) is 0 Å². The number of hydrogen-bond donors (Lipinski definition) is 1. The highest BCUT2D eigenvalue weighted by Crippen LogP contribution is 2.35. The number of para-hydroxylation sites is 2. The molecule has 0 fully saturated rings. The van der Waals surface area contributed by atoms with Gasteiger partial charge in [0.2, 0.25) is 0 Å². The minimum atomic E-state index is -4.41. The van der Waals surface area contributed by atoms with Crippen LogP contribution in [-0.2, 0) is 12.6 Å². The van der Waals surface area contributed by atoms with Gasteiger partial charge in [0, 0.05) is 12.1 Å². The van der Waals surface area contributed by atoms with E-state index in [-0.39, 0.29) is 12.4 Å². The van der Waals surface area contributed by atoms with Gasteiger partial charge < -0.3 is 10.5 Å². The van der Waals surface area contributed by atoms with Crippen LogP contribution in [-0.4, -0.2) is 6.61 Å². The molecule has 0 spiro atoms. The summed E-state index contributed by atoms with van der Waals surface area (Å²) in [5, 5.41) is 0. The third-order valence-corrected chi connectivity index (χ3v) is 2.88. The van der Waals surface area contributed by atoms with Crippen LogP contribution in [0.25, 0.3) is 0 Å². The lowest BCUT2D eigenvalue weighted by Gasteiger charge is -2.14. The van der Waals surface area contributed by atoms with Gasteiger partial charge in [-0.2, -0.15) is 13.2 Å². The molecule has 106 valence electrons. The van der Waals surface area contributed by atoms with Crippen molar-refractivity contribution in [1.29, 1.82) is 0 Å². The van der Waals surface area contributed by atoms with Crippen LogP contribution in [0.2, 0.25) is 0 Å². The molecule has 2 nitrogen and oxygen atoms in total. The summed E-state index contributed by atoms with van der Waals surface area (Å²) in [7, 11) is 0. The van der Waals surface area contributed by atoms with E-state index < -0.39 is 11.7 Å². The van der Waals surface area contributed by atoms with Crippen LogP contribution in [0.3, 0.4) is 0 Å². The monoisotopic (exact) mass is 281 g/mol. The van der Waals surface area contributed by atoms with E-state index in [1.807, 2.05) is 12.1 Å². The number of hydrogen-bond acceptors (Lipinski definition) is 2. The van der Waals surface area contributed by atoms with Crippen molar-refractivity contribution in [2.45, 2.75) is 12.6 Å². The van der Waals surface area contributed by atoms with Gasteiger partial charge in [0.1, 0.15) is 5.75 Å². The smallest absolute Gasteiger partial charge is 0.419 e. The predicted molar refractivity (Wildman–Crippen MR) is 71.5 cm³/mol. The first-order valence-electron chi connectivity index (χ1n) is 6.11. The number of ether oxygens (including phenoxy) is 1. The maximum Gasteiger partial charge on any atom is 0.419 e. The molecule has 5 heteroatoms. The predicted octanol–water partition coefficient (Wildman–Crippen LogP) is 3.91. The number of benzene rings is 2. The zero-order chi connectivity index (χ0) is 14.6. The molecule has 0 saturated heterocycles. The Kier molecular flexibility index (Phi) is 4.17. The number of anilines is 1. The zero-order valence-corrected chi connectivity index (χ0v) is 10.7. The molecular weight excluding hydrogens is 267 g/mol. The topological polar surface area (TPSA) is 35.2 Å². The van der Waals surface area contributed by atoms with Crippen LogP contribution < -0.4 is 10.5 Å². The largest absolute Gasteiger partial charge is 0.493 e. The van der Waals surface area contributed by atoms with E-state index >= 15 is 0 Å². The first kappa shape index (κ1) is 14.2. The Hall–Kier alpha value is -2.17. The number of nitrogen functional groups attached to an aromatic ring is 1. The van der Waals surface area contributed by atoms with Gasteiger partial charge in [-0.1, -0.05) is 30.3 Å². The van der Waals surface area contributed by atoms with E-state index in [4.69, 9.17) is 10.5 Å². The molecule has 0 aliphatic carbocycles. The summed E-state index contributed by atoms with van der Waals surface area (Å²) in [5.74, 6) is -0.158. The van der Waals surface area contributed by atoms with E-state index in [2.05, 4.69) is 0 Å². The average molecular weight is 281 g/mol. The van der Waals surface area contributed by atoms with Gasteiger partial charge >= 0.3 is 6.18 Å². The van der Waals surface area contributed by atoms with E-state index in [1.165, 1.54) is 18.2 Å². The molecule has 0 atom stereocenters. The van der Waals surface area contributed by atoms with Gasteiger partial charge in [0.05, 0.1) is 12.2 Å². The fourth-order valence-corrected chi connectivity index (χ4v) is 1.86. The molecule has 2 aromatic carbocycles. The summed E-state index contributed by atoms with van der Waals surface area (Å²) >= 11 is 0. The maximum absolute atomic E-state index is 12.8. The summed E-state index contributed by atoms with van der Waals surface area (Å²) in [6.45, 7) is 0.140. The van der Waals surface area contributed by atoms with E-state index in [9.17, 15) is 13.2 Å². The van der Waals surface area contributed by atoms with Crippen molar-refractivity contribution in [2.75, 3.05) is 12.3 Å². The Labute approximate surface area is 115 Å². The number of nitrogens with two attached hydrogens (primary N) is 1. The minimum Gasteiger partial charge on any atom is -0.493 e. The molecule has 0 aliphatic rings. The Bertz CT molecular complexity index is 581. The van der Waals surface area contributed by atoms with Gasteiger partial charge in [-0.05, 0) is 23.8 Å². The van der Waals surface area contributed by atoms with Crippen molar-refractivity contribution in [2.24, 2.45) is 0 Å². The van der Waals surface area contributed by atoms with Crippen molar-refractivity contribution >= 4 is 5.69 Å². The van der Waals surface area contributed by atoms with Crippen molar-refractivity contribution in [1.82, 2.24) is 0 Å². The Morgan fingerprint density at radius 3 is 2.30 bits per heavy atom. The van der Waals surface area contributed by atoms with Crippen LogP contribution in [0, 0.1) is 0 Å². The average Bonchev–Trinajstić information content (AvgIpc) is 2.40. The molecule has 0 aliphatic heterocycles. The van der Waals surface area contributed by atoms with Crippen molar-refractivity contribution in [3.05, 3.63) is 59.7 Å². The Morgan fingerprint density at radius 1 is 0.950 bits per heavy atom. The zero-order valence-electron chi connectivity index (χ0n) is 10.7. The van der Waals surface area contributed by atoms with Gasteiger partial charge in [0.15, 0.2) is 0 Å². The highest BCUT2D eigenvalue weighted by Gasteiger charge is 2.33. The lowest BCUT2D eigenvalue weighted by atomic mass is 10.1. The summed E-state index contributed by atoms with van der Waals surface area (Å²) in [5.41, 5.74) is 6.47. The second-order valence-corrected chi connectivity index (χ2v) is 4.29. The molecular formula is C15H14F3NO. The number of halogens is 3. The summed E-state index contributed by atoms with van der Waals surface area (Å²) in [6, 6.07) is 12.4. The molecule has 20 heavy (non-hydrogen) atoms. The highest BCUT2D eigenvalue weighted by atomic mass is 19.4. The number of rotatable bonds is 4. The maximum atomic E-state index is 12.8. The van der Waals surface area contributed by atoms with Crippen LogP contribution in [0.15, 0.2) is 48.5 Å². The Morgan fingerprint density at radius 2 is 1.60 bits per heavy atom. The molecule has 0 heterocycles. The second kappa shape index (κ2) is 5.86. The minimum absolute atomic E-state index is 0.140. The molecule has 2 N–H and O–H groups in total. The van der Waals surface area contributed by atoms with Crippen molar-refractivity contribution in [3.8, 4) is 5.75 Å². The lowest BCUT2D eigenvalue weighted by Crippen LogP contribution is -2.10. The fraction of sp³-hybridized carbons (Fsp3) is 0.200. The molecule has 0 unspecified atom stereocenters. The Balaban J connectivity index is 2.04. The lowest BCUT2D eigenvalue weighted by molar-refractivity contribution is -0.138. The number of alkyl halides is 3.